The molecule has 2 N–H and O–H groups in total. The second-order valence-electron chi connectivity index (χ2n) is 5.42. The van der Waals surface area contributed by atoms with Crippen LogP contribution in [0.1, 0.15) is 11.1 Å². The van der Waals surface area contributed by atoms with Crippen LogP contribution >= 0.6 is 11.6 Å². The van der Waals surface area contributed by atoms with Crippen LogP contribution in [0, 0.1) is 13.8 Å². The van der Waals surface area contributed by atoms with Crippen molar-refractivity contribution in [2.24, 2.45) is 0 Å². The van der Waals surface area contributed by atoms with Crippen LogP contribution in [-0.4, -0.2) is 22.0 Å². The van der Waals surface area contributed by atoms with Gasteiger partial charge in [-0.15, -0.1) is 0 Å². The summed E-state index contributed by atoms with van der Waals surface area (Å²) in [4.78, 5) is 13.3. The van der Waals surface area contributed by atoms with Crippen LogP contribution in [0.3, 0.4) is 0 Å². The van der Waals surface area contributed by atoms with Crippen LogP contribution in [0.4, 0.5) is 17.5 Å². The van der Waals surface area contributed by atoms with E-state index in [1.807, 2.05) is 50.2 Å². The number of anilines is 3. The van der Waals surface area contributed by atoms with Gasteiger partial charge < -0.3 is 10.6 Å². The Bertz CT molecular complexity index is 865. The van der Waals surface area contributed by atoms with E-state index in [0.29, 0.717) is 11.8 Å². The van der Waals surface area contributed by atoms with Crippen molar-refractivity contribution in [1.82, 2.24) is 15.0 Å². The van der Waals surface area contributed by atoms with Gasteiger partial charge in [0, 0.05) is 30.0 Å². The zero-order chi connectivity index (χ0) is 17.1. The lowest BCUT2D eigenvalue weighted by Crippen LogP contribution is -2.04. The number of halogens is 1. The van der Waals surface area contributed by atoms with Crippen molar-refractivity contribution < 1.29 is 0 Å². The summed E-state index contributed by atoms with van der Waals surface area (Å²) in [5, 5.41) is 7.07. The number of nitrogens with zero attached hydrogens (tertiary/aromatic N) is 3. The van der Waals surface area contributed by atoms with Gasteiger partial charge in [0.15, 0.2) is 0 Å². The molecule has 2 aromatic heterocycles. The predicted molar refractivity (Wildman–Crippen MR) is 99.0 cm³/mol. The van der Waals surface area contributed by atoms with E-state index in [4.69, 9.17) is 11.6 Å². The van der Waals surface area contributed by atoms with E-state index in [2.05, 4.69) is 25.6 Å². The van der Waals surface area contributed by atoms with Gasteiger partial charge in [-0.3, -0.25) is 4.98 Å². The van der Waals surface area contributed by atoms with E-state index in [0.717, 1.165) is 33.2 Å². The molecule has 5 nitrogen and oxygen atoms in total. The van der Waals surface area contributed by atoms with Gasteiger partial charge in [-0.05, 0) is 43.2 Å². The summed E-state index contributed by atoms with van der Waals surface area (Å²) in [5.74, 6) is 1.21. The Kier molecular flexibility index (Phi) is 4.62. The smallest absolute Gasteiger partial charge is 0.225 e. The van der Waals surface area contributed by atoms with E-state index in [1.165, 1.54) is 0 Å². The lowest BCUT2D eigenvalue weighted by molar-refractivity contribution is 1.14. The summed E-state index contributed by atoms with van der Waals surface area (Å²) < 4.78 is 0. The topological polar surface area (TPSA) is 62.7 Å². The Morgan fingerprint density at radius 1 is 1.00 bits per heavy atom. The molecule has 0 saturated carbocycles. The standard InChI is InChI=1S/C18H18ClN5/c1-11-7-8-13(19)12(2)17(11)23-16-10-15(22-18(20-3)24-16)14-6-4-5-9-21-14/h4-10H,1-3H3,(H2,20,22,23,24). The highest BCUT2D eigenvalue weighted by atomic mass is 35.5. The summed E-state index contributed by atoms with van der Waals surface area (Å²) >= 11 is 6.24. The van der Waals surface area contributed by atoms with Gasteiger partial charge in [0.25, 0.3) is 0 Å². The third-order valence-corrected chi connectivity index (χ3v) is 4.15. The molecule has 0 amide bonds. The van der Waals surface area contributed by atoms with Crippen LogP contribution in [0.25, 0.3) is 11.4 Å². The Morgan fingerprint density at radius 2 is 1.83 bits per heavy atom. The minimum Gasteiger partial charge on any atom is -0.357 e. The highest BCUT2D eigenvalue weighted by Crippen LogP contribution is 2.30. The molecular weight excluding hydrogens is 322 g/mol. The average molecular weight is 340 g/mol. The molecule has 0 unspecified atom stereocenters. The van der Waals surface area contributed by atoms with Gasteiger partial charge >= 0.3 is 0 Å². The first-order valence-electron chi connectivity index (χ1n) is 7.59. The molecule has 1 aromatic carbocycles. The number of hydrogen-bond acceptors (Lipinski definition) is 5. The molecule has 0 saturated heterocycles. The van der Waals surface area contributed by atoms with Crippen LogP contribution in [-0.2, 0) is 0 Å². The lowest BCUT2D eigenvalue weighted by Gasteiger charge is -2.14. The largest absolute Gasteiger partial charge is 0.357 e. The molecule has 0 atom stereocenters. The van der Waals surface area contributed by atoms with Gasteiger partial charge in [-0.25, -0.2) is 4.98 Å². The number of benzene rings is 1. The molecule has 24 heavy (non-hydrogen) atoms. The number of pyridine rings is 1. The molecule has 6 heteroatoms. The van der Waals surface area contributed by atoms with Crippen molar-refractivity contribution in [1.29, 1.82) is 0 Å². The summed E-state index contributed by atoms with van der Waals surface area (Å²) in [7, 11) is 1.79. The summed E-state index contributed by atoms with van der Waals surface area (Å²) in [6, 6.07) is 11.5. The second-order valence-corrected chi connectivity index (χ2v) is 5.82. The zero-order valence-corrected chi connectivity index (χ0v) is 14.5. The number of rotatable bonds is 4. The van der Waals surface area contributed by atoms with Gasteiger partial charge in [0.05, 0.1) is 11.4 Å². The van der Waals surface area contributed by atoms with Gasteiger partial charge in [0.1, 0.15) is 5.82 Å². The summed E-state index contributed by atoms with van der Waals surface area (Å²) in [5.41, 5.74) is 4.57. The number of aromatic nitrogens is 3. The molecule has 3 rings (SSSR count). The van der Waals surface area contributed by atoms with Crippen molar-refractivity contribution in [2.45, 2.75) is 13.8 Å². The Hall–Kier alpha value is -2.66. The quantitative estimate of drug-likeness (QED) is 0.727. The second kappa shape index (κ2) is 6.84. The fourth-order valence-electron chi connectivity index (χ4n) is 2.41. The SMILES string of the molecule is CNc1nc(Nc2c(C)ccc(Cl)c2C)cc(-c2ccccn2)n1. The molecule has 2 heterocycles. The molecule has 0 aliphatic heterocycles. The maximum atomic E-state index is 6.24. The number of nitrogens with one attached hydrogen (secondary N) is 2. The van der Waals surface area contributed by atoms with E-state index >= 15 is 0 Å². The molecule has 0 bridgehead atoms. The normalized spacial score (nSPS) is 10.5. The van der Waals surface area contributed by atoms with Crippen LogP contribution in [0.15, 0.2) is 42.6 Å². The zero-order valence-electron chi connectivity index (χ0n) is 13.8. The van der Waals surface area contributed by atoms with Crippen molar-refractivity contribution in [3.05, 3.63) is 58.7 Å². The van der Waals surface area contributed by atoms with Gasteiger partial charge in [0.2, 0.25) is 5.95 Å². The van der Waals surface area contributed by atoms with Crippen molar-refractivity contribution in [3.8, 4) is 11.4 Å². The molecule has 3 aromatic rings. The highest BCUT2D eigenvalue weighted by molar-refractivity contribution is 6.31. The molecule has 0 radical (unpaired) electrons. The van der Waals surface area contributed by atoms with Gasteiger partial charge in [-0.2, -0.15) is 4.98 Å². The van der Waals surface area contributed by atoms with Gasteiger partial charge in [-0.1, -0.05) is 23.7 Å². The number of hydrogen-bond donors (Lipinski definition) is 2. The minimum absolute atomic E-state index is 0.526. The van der Waals surface area contributed by atoms with E-state index < -0.39 is 0 Å². The predicted octanol–water partition coefficient (Wildman–Crippen LogP) is 4.59. The fourth-order valence-corrected chi connectivity index (χ4v) is 2.57. The first-order chi connectivity index (χ1) is 11.6. The Balaban J connectivity index is 2.04. The third kappa shape index (κ3) is 3.31. The maximum Gasteiger partial charge on any atom is 0.225 e. The van der Waals surface area contributed by atoms with Crippen molar-refractivity contribution in [3.63, 3.8) is 0 Å². The Morgan fingerprint density at radius 3 is 2.54 bits per heavy atom. The molecule has 0 aliphatic carbocycles. The number of aryl methyl sites for hydroxylation is 1. The van der Waals surface area contributed by atoms with E-state index in [1.54, 1.807) is 13.2 Å². The van der Waals surface area contributed by atoms with Crippen LogP contribution in [0.2, 0.25) is 5.02 Å². The Labute approximate surface area is 146 Å². The van der Waals surface area contributed by atoms with Crippen molar-refractivity contribution in [2.75, 3.05) is 17.7 Å². The lowest BCUT2D eigenvalue weighted by atomic mass is 10.1. The molecular formula is C18H18ClN5. The minimum atomic E-state index is 0.526. The summed E-state index contributed by atoms with van der Waals surface area (Å²) in [6.45, 7) is 4.02. The van der Waals surface area contributed by atoms with E-state index in [9.17, 15) is 0 Å². The first kappa shape index (κ1) is 16.2. The average Bonchev–Trinajstić information content (AvgIpc) is 2.62. The summed E-state index contributed by atoms with van der Waals surface area (Å²) in [6.07, 6.45) is 1.74. The first-order valence-corrected chi connectivity index (χ1v) is 7.97. The molecule has 122 valence electrons. The van der Waals surface area contributed by atoms with Crippen molar-refractivity contribution >= 4 is 29.1 Å². The third-order valence-electron chi connectivity index (χ3n) is 3.74. The van der Waals surface area contributed by atoms with Crippen LogP contribution < -0.4 is 10.6 Å². The fraction of sp³-hybridized carbons (Fsp3) is 0.167. The van der Waals surface area contributed by atoms with Crippen LogP contribution in [0.5, 0.6) is 0 Å². The monoisotopic (exact) mass is 339 g/mol. The molecule has 0 aliphatic rings. The highest BCUT2D eigenvalue weighted by Gasteiger charge is 2.11. The maximum absolute atomic E-state index is 6.24. The molecule has 0 spiro atoms. The van der Waals surface area contributed by atoms with E-state index in [-0.39, 0.29) is 0 Å². The molecule has 0 fully saturated rings.